The van der Waals surface area contributed by atoms with Crippen molar-refractivity contribution in [2.75, 3.05) is 33.0 Å². The minimum absolute atomic E-state index is 0.00885. The Balaban J connectivity index is 3.54. The van der Waals surface area contributed by atoms with Gasteiger partial charge in [-0.3, -0.25) is 9.69 Å². The van der Waals surface area contributed by atoms with Gasteiger partial charge in [0.25, 0.3) is 0 Å². The molecule has 0 aromatic rings. The van der Waals surface area contributed by atoms with Crippen molar-refractivity contribution < 1.29 is 22.7 Å². The second-order valence-corrected chi connectivity index (χ2v) is 3.77. The summed E-state index contributed by atoms with van der Waals surface area (Å²) in [5, 5.41) is 0. The third-order valence-electron chi connectivity index (χ3n) is 1.37. The van der Waals surface area contributed by atoms with Crippen molar-refractivity contribution in [1.29, 1.82) is 0 Å². The minimum Gasteiger partial charge on any atom is -0.468 e. The second kappa shape index (κ2) is 6.13. The van der Waals surface area contributed by atoms with E-state index in [1.54, 1.807) is 7.05 Å². The lowest BCUT2D eigenvalue weighted by atomic mass is 10.5. The monoisotopic (exact) mass is 231 g/mol. The second-order valence-electron chi connectivity index (χ2n) is 2.61. The Kier molecular flexibility index (Phi) is 5.94. The molecule has 0 aliphatic heterocycles. The molecule has 0 radical (unpaired) electrons. The van der Waals surface area contributed by atoms with Gasteiger partial charge in [0.15, 0.2) is 0 Å². The highest BCUT2D eigenvalue weighted by Crippen LogP contribution is 2.29. The maximum absolute atomic E-state index is 11.7. The van der Waals surface area contributed by atoms with Gasteiger partial charge in [-0.1, -0.05) is 0 Å². The van der Waals surface area contributed by atoms with Crippen molar-refractivity contribution in [1.82, 2.24) is 4.90 Å². The predicted octanol–water partition coefficient (Wildman–Crippen LogP) is 1.34. The van der Waals surface area contributed by atoms with Crippen LogP contribution in [0.1, 0.15) is 0 Å². The highest BCUT2D eigenvalue weighted by atomic mass is 32.2. The molecule has 84 valence electrons. The number of hydrogen-bond donors (Lipinski definition) is 0. The molecule has 0 aliphatic carbocycles. The summed E-state index contributed by atoms with van der Waals surface area (Å²) < 4.78 is 39.4. The molecule has 0 aromatic heterocycles. The summed E-state index contributed by atoms with van der Waals surface area (Å²) in [4.78, 5) is 12.2. The van der Waals surface area contributed by atoms with E-state index >= 15 is 0 Å². The van der Waals surface area contributed by atoms with E-state index in [2.05, 4.69) is 4.74 Å². The van der Waals surface area contributed by atoms with Crippen LogP contribution in [0.4, 0.5) is 13.2 Å². The molecule has 0 fully saturated rings. The smallest absolute Gasteiger partial charge is 0.441 e. The summed E-state index contributed by atoms with van der Waals surface area (Å²) in [6.07, 6.45) is 0. The number of likely N-dealkylation sites (N-methyl/N-ethyl adjacent to an activating group) is 1. The van der Waals surface area contributed by atoms with Crippen LogP contribution in [0.3, 0.4) is 0 Å². The first-order valence-electron chi connectivity index (χ1n) is 3.81. The van der Waals surface area contributed by atoms with Gasteiger partial charge in [-0.05, 0) is 18.8 Å². The highest BCUT2D eigenvalue weighted by Gasteiger charge is 2.27. The third-order valence-corrected chi connectivity index (χ3v) is 2.08. The molecule has 0 unspecified atom stereocenters. The number of nitrogens with zero attached hydrogens (tertiary/aromatic N) is 1. The summed E-state index contributed by atoms with van der Waals surface area (Å²) in [6.45, 7) is 0.203. The zero-order valence-electron chi connectivity index (χ0n) is 7.93. The van der Waals surface area contributed by atoms with Crippen LogP contribution in [0.15, 0.2) is 0 Å². The van der Waals surface area contributed by atoms with Gasteiger partial charge in [0, 0.05) is 12.3 Å². The van der Waals surface area contributed by atoms with Crippen molar-refractivity contribution in [3.05, 3.63) is 0 Å². The molecule has 0 N–H and O–H groups in total. The number of hydrogen-bond acceptors (Lipinski definition) is 4. The fraction of sp³-hybridized carbons (Fsp3) is 0.857. The predicted molar refractivity (Wildman–Crippen MR) is 48.0 cm³/mol. The van der Waals surface area contributed by atoms with E-state index in [1.807, 2.05) is 0 Å². The van der Waals surface area contributed by atoms with Crippen molar-refractivity contribution >= 4 is 17.7 Å². The summed E-state index contributed by atoms with van der Waals surface area (Å²) in [5.74, 6) is -0.540. The third kappa shape index (κ3) is 8.18. The van der Waals surface area contributed by atoms with Crippen LogP contribution < -0.4 is 0 Å². The molecule has 0 aromatic carbocycles. The zero-order valence-corrected chi connectivity index (χ0v) is 8.74. The number of rotatable bonds is 5. The molecular formula is C7H12F3NO2S. The molecule has 0 atom stereocenters. The van der Waals surface area contributed by atoms with Gasteiger partial charge in [0.2, 0.25) is 0 Å². The van der Waals surface area contributed by atoms with E-state index in [0.717, 1.165) is 0 Å². The van der Waals surface area contributed by atoms with E-state index < -0.39 is 11.5 Å². The zero-order chi connectivity index (χ0) is 11.2. The summed E-state index contributed by atoms with van der Waals surface area (Å²) in [7, 11) is 2.80. The van der Waals surface area contributed by atoms with Gasteiger partial charge in [-0.15, -0.1) is 0 Å². The van der Waals surface area contributed by atoms with E-state index in [1.165, 1.54) is 12.0 Å². The average molecular weight is 231 g/mol. The molecule has 0 saturated heterocycles. The van der Waals surface area contributed by atoms with Gasteiger partial charge in [-0.25, -0.2) is 0 Å². The number of methoxy groups -OCH3 is 1. The van der Waals surface area contributed by atoms with Gasteiger partial charge in [0.1, 0.15) is 0 Å². The van der Waals surface area contributed by atoms with Crippen molar-refractivity contribution in [3.63, 3.8) is 0 Å². The Bertz CT molecular complexity index is 186. The Morgan fingerprint density at radius 3 is 2.50 bits per heavy atom. The lowest BCUT2D eigenvalue weighted by Crippen LogP contribution is -2.29. The molecule has 0 bridgehead atoms. The van der Waals surface area contributed by atoms with Crippen molar-refractivity contribution in [3.8, 4) is 0 Å². The summed E-state index contributed by atoms with van der Waals surface area (Å²) in [5.41, 5.74) is -4.20. The number of esters is 1. The maximum Gasteiger partial charge on any atom is 0.441 e. The largest absolute Gasteiger partial charge is 0.468 e. The van der Waals surface area contributed by atoms with Crippen LogP contribution in [0.2, 0.25) is 0 Å². The molecule has 14 heavy (non-hydrogen) atoms. The fourth-order valence-corrected chi connectivity index (χ4v) is 1.32. The van der Waals surface area contributed by atoms with Gasteiger partial charge in [0.05, 0.1) is 13.7 Å². The molecule has 7 heteroatoms. The molecular weight excluding hydrogens is 219 g/mol. The minimum atomic E-state index is -4.20. The number of halogens is 3. The number of thioether (sulfide) groups is 1. The van der Waals surface area contributed by atoms with Gasteiger partial charge >= 0.3 is 11.5 Å². The van der Waals surface area contributed by atoms with E-state index in [-0.39, 0.29) is 30.6 Å². The average Bonchev–Trinajstić information content (AvgIpc) is 2.01. The summed E-state index contributed by atoms with van der Waals surface area (Å²) >= 11 is -0.0972. The Morgan fingerprint density at radius 1 is 1.50 bits per heavy atom. The van der Waals surface area contributed by atoms with Crippen LogP contribution in [-0.4, -0.2) is 49.4 Å². The molecule has 0 aliphatic rings. The molecule has 0 saturated carbocycles. The number of carbonyl (C=O) groups excluding carboxylic acids is 1. The Morgan fingerprint density at radius 2 is 2.07 bits per heavy atom. The maximum atomic E-state index is 11.7. The van der Waals surface area contributed by atoms with Crippen LogP contribution in [0, 0.1) is 0 Å². The topological polar surface area (TPSA) is 29.5 Å². The van der Waals surface area contributed by atoms with E-state index in [9.17, 15) is 18.0 Å². The normalized spacial score (nSPS) is 11.9. The van der Waals surface area contributed by atoms with Crippen molar-refractivity contribution in [2.45, 2.75) is 5.51 Å². The molecule has 0 rings (SSSR count). The van der Waals surface area contributed by atoms with Gasteiger partial charge in [-0.2, -0.15) is 13.2 Å². The molecule has 3 nitrogen and oxygen atoms in total. The van der Waals surface area contributed by atoms with Crippen LogP contribution in [0.5, 0.6) is 0 Å². The van der Waals surface area contributed by atoms with Crippen LogP contribution in [-0.2, 0) is 9.53 Å². The quantitative estimate of drug-likeness (QED) is 0.668. The first kappa shape index (κ1) is 13.6. The standard InChI is InChI=1S/C7H12F3NO2S/c1-11(5-6(12)13-2)3-4-14-7(8,9)10/h3-5H2,1-2H3. The first-order chi connectivity index (χ1) is 6.35. The SMILES string of the molecule is COC(=O)CN(C)CCSC(F)(F)F. The number of carbonyl (C=O) groups is 1. The van der Waals surface area contributed by atoms with Crippen LogP contribution in [0.25, 0.3) is 0 Å². The lowest BCUT2D eigenvalue weighted by molar-refractivity contribution is -0.141. The van der Waals surface area contributed by atoms with E-state index in [4.69, 9.17) is 0 Å². The first-order valence-corrected chi connectivity index (χ1v) is 4.80. The highest BCUT2D eigenvalue weighted by molar-refractivity contribution is 8.00. The Hall–Kier alpha value is -0.430. The summed E-state index contributed by atoms with van der Waals surface area (Å²) in [6, 6.07) is 0. The number of ether oxygens (including phenoxy) is 1. The number of alkyl halides is 3. The lowest BCUT2D eigenvalue weighted by Gasteiger charge is -2.14. The van der Waals surface area contributed by atoms with Gasteiger partial charge < -0.3 is 4.74 Å². The van der Waals surface area contributed by atoms with Crippen LogP contribution >= 0.6 is 11.8 Å². The van der Waals surface area contributed by atoms with Crippen molar-refractivity contribution in [2.24, 2.45) is 0 Å². The van der Waals surface area contributed by atoms with E-state index in [0.29, 0.717) is 0 Å². The molecule has 0 spiro atoms. The molecule has 0 amide bonds. The fourth-order valence-electron chi connectivity index (χ4n) is 0.681. The Labute approximate surface area is 84.6 Å². The molecule has 0 heterocycles.